The molecule has 0 spiro atoms. The van der Waals surface area contributed by atoms with E-state index in [-0.39, 0.29) is 0 Å². The summed E-state index contributed by atoms with van der Waals surface area (Å²) in [6, 6.07) is 0. The second-order valence-corrected chi connectivity index (χ2v) is 12.1. The first-order valence-electron chi connectivity index (χ1n) is 7.20. The second kappa shape index (κ2) is 4.45. The molecule has 17 heavy (non-hydrogen) atoms. The van der Waals surface area contributed by atoms with Gasteiger partial charge in [0.1, 0.15) is 0 Å². The average molecular weight is 252 g/mol. The highest BCUT2D eigenvalue weighted by Gasteiger charge is 2.42. The van der Waals surface area contributed by atoms with E-state index in [0.717, 1.165) is 11.8 Å². The van der Waals surface area contributed by atoms with E-state index in [1.165, 1.54) is 37.9 Å². The van der Waals surface area contributed by atoms with E-state index in [0.29, 0.717) is 5.04 Å². The van der Waals surface area contributed by atoms with E-state index in [9.17, 15) is 0 Å². The highest BCUT2D eigenvalue weighted by atomic mass is 28.4. The van der Waals surface area contributed by atoms with Crippen LogP contribution in [0.1, 0.15) is 52.9 Å². The minimum absolute atomic E-state index is 0.320. The van der Waals surface area contributed by atoms with Gasteiger partial charge >= 0.3 is 0 Å². The van der Waals surface area contributed by atoms with Crippen molar-refractivity contribution in [2.75, 3.05) is 0 Å². The number of allylic oxidation sites excluding steroid dienone is 2. The highest BCUT2D eigenvalue weighted by Crippen LogP contribution is 2.46. The summed E-state index contributed by atoms with van der Waals surface area (Å²) in [5.74, 6) is 3.03. The zero-order valence-corrected chi connectivity index (χ0v) is 13.2. The molecule has 0 aromatic carbocycles. The molecule has 98 valence electrons. The van der Waals surface area contributed by atoms with Gasteiger partial charge in [-0.3, -0.25) is 0 Å². The third-order valence-electron chi connectivity index (χ3n) is 5.08. The Hall–Kier alpha value is -0.243. The number of hydrogen-bond donors (Lipinski definition) is 0. The van der Waals surface area contributed by atoms with E-state index in [1.54, 1.807) is 0 Å². The maximum atomic E-state index is 6.53. The molecule has 0 heterocycles. The molecule has 1 saturated carbocycles. The third kappa shape index (κ3) is 2.62. The van der Waals surface area contributed by atoms with Crippen LogP contribution in [0.15, 0.2) is 11.8 Å². The van der Waals surface area contributed by atoms with Crippen LogP contribution >= 0.6 is 0 Å². The van der Waals surface area contributed by atoms with Gasteiger partial charge in [-0.25, -0.2) is 0 Å². The molecule has 0 aromatic rings. The molecule has 0 N–H and O–H groups in total. The van der Waals surface area contributed by atoms with E-state index in [1.807, 2.05) is 0 Å². The minimum Gasteiger partial charge on any atom is -0.547 e. The topological polar surface area (TPSA) is 9.23 Å². The minimum atomic E-state index is -1.61. The first-order valence-corrected chi connectivity index (χ1v) is 10.1. The zero-order chi connectivity index (χ0) is 12.7. The first kappa shape index (κ1) is 13.2. The number of fused-ring (bicyclic) bond motifs is 1. The molecule has 2 unspecified atom stereocenters. The van der Waals surface area contributed by atoms with Crippen molar-refractivity contribution in [1.82, 2.24) is 0 Å². The fraction of sp³-hybridized carbons (Fsp3) is 0.867. The first-order chi connectivity index (χ1) is 7.81. The van der Waals surface area contributed by atoms with Crippen LogP contribution in [0.3, 0.4) is 0 Å². The van der Waals surface area contributed by atoms with Crippen LogP contribution in [0, 0.1) is 11.8 Å². The molecule has 0 aliphatic heterocycles. The molecule has 0 saturated heterocycles. The van der Waals surface area contributed by atoms with Gasteiger partial charge in [-0.1, -0.05) is 33.6 Å². The Morgan fingerprint density at radius 1 is 1.18 bits per heavy atom. The molecule has 2 aliphatic carbocycles. The lowest BCUT2D eigenvalue weighted by molar-refractivity contribution is 0.229. The SMILES string of the molecule is CC(C)(C)[Si](C)(C)OC1=CCC2CCCCC12. The summed E-state index contributed by atoms with van der Waals surface area (Å²) in [5, 5.41) is 0.320. The molecule has 0 amide bonds. The Bertz CT molecular complexity index is 311. The van der Waals surface area contributed by atoms with Crippen LogP contribution in [0.2, 0.25) is 18.1 Å². The lowest BCUT2D eigenvalue weighted by atomic mass is 9.81. The number of hydrogen-bond acceptors (Lipinski definition) is 1. The summed E-state index contributed by atoms with van der Waals surface area (Å²) in [4.78, 5) is 0. The maximum absolute atomic E-state index is 6.53. The summed E-state index contributed by atoms with van der Waals surface area (Å²) in [6.07, 6.45) is 9.30. The van der Waals surface area contributed by atoms with Gasteiger partial charge < -0.3 is 4.43 Å². The molecule has 2 heteroatoms. The molecule has 1 fully saturated rings. The van der Waals surface area contributed by atoms with Gasteiger partial charge in [-0.05, 0) is 49.4 Å². The largest absolute Gasteiger partial charge is 0.547 e. The molecule has 0 aromatic heterocycles. The van der Waals surface area contributed by atoms with Crippen LogP contribution in [-0.2, 0) is 4.43 Å². The van der Waals surface area contributed by atoms with Crippen LogP contribution in [-0.4, -0.2) is 8.32 Å². The lowest BCUT2D eigenvalue weighted by Crippen LogP contribution is -2.41. The van der Waals surface area contributed by atoms with Crippen molar-refractivity contribution in [2.45, 2.75) is 71.0 Å². The van der Waals surface area contributed by atoms with Gasteiger partial charge in [0.15, 0.2) is 0 Å². The predicted octanol–water partition coefficient (Wildman–Crippen LogP) is 5.10. The van der Waals surface area contributed by atoms with Crippen molar-refractivity contribution >= 4 is 8.32 Å². The van der Waals surface area contributed by atoms with Gasteiger partial charge in [0.05, 0.1) is 5.76 Å². The van der Waals surface area contributed by atoms with Crippen molar-refractivity contribution in [3.8, 4) is 0 Å². The van der Waals surface area contributed by atoms with E-state index < -0.39 is 8.32 Å². The summed E-state index contributed by atoms with van der Waals surface area (Å²) in [7, 11) is -1.61. The summed E-state index contributed by atoms with van der Waals surface area (Å²) in [6.45, 7) is 11.7. The van der Waals surface area contributed by atoms with Crippen LogP contribution in [0.25, 0.3) is 0 Å². The Morgan fingerprint density at radius 2 is 1.82 bits per heavy atom. The smallest absolute Gasteiger partial charge is 0.250 e. The van der Waals surface area contributed by atoms with Crippen molar-refractivity contribution in [3.05, 3.63) is 11.8 Å². The molecule has 2 atom stereocenters. The van der Waals surface area contributed by atoms with Gasteiger partial charge in [0.2, 0.25) is 8.32 Å². The Kier molecular flexibility index (Phi) is 3.46. The van der Waals surface area contributed by atoms with Gasteiger partial charge in [0.25, 0.3) is 0 Å². The van der Waals surface area contributed by atoms with E-state index >= 15 is 0 Å². The molecular formula is C15H28OSi. The monoisotopic (exact) mass is 252 g/mol. The van der Waals surface area contributed by atoms with Gasteiger partial charge in [-0.15, -0.1) is 0 Å². The third-order valence-corrected chi connectivity index (χ3v) is 9.43. The number of rotatable bonds is 2. The van der Waals surface area contributed by atoms with Crippen LogP contribution < -0.4 is 0 Å². The lowest BCUT2D eigenvalue weighted by Gasteiger charge is -2.39. The van der Waals surface area contributed by atoms with Crippen molar-refractivity contribution in [2.24, 2.45) is 11.8 Å². The summed E-state index contributed by atoms with van der Waals surface area (Å²) in [5.41, 5.74) is 0. The van der Waals surface area contributed by atoms with Crippen molar-refractivity contribution in [1.29, 1.82) is 0 Å². The Morgan fingerprint density at radius 3 is 2.47 bits per heavy atom. The van der Waals surface area contributed by atoms with Crippen LogP contribution in [0.5, 0.6) is 0 Å². The maximum Gasteiger partial charge on any atom is 0.250 e. The highest BCUT2D eigenvalue weighted by molar-refractivity contribution is 6.74. The fourth-order valence-electron chi connectivity index (χ4n) is 2.85. The molecule has 0 radical (unpaired) electrons. The van der Waals surface area contributed by atoms with Crippen molar-refractivity contribution < 1.29 is 4.43 Å². The zero-order valence-electron chi connectivity index (χ0n) is 12.2. The Labute approximate surface area is 108 Å². The standard InChI is InChI=1S/C15H28OSi/c1-15(2,3)17(4,5)16-14-11-10-12-8-6-7-9-13(12)14/h11-13H,6-10H2,1-5H3. The van der Waals surface area contributed by atoms with Gasteiger partial charge in [-0.2, -0.15) is 0 Å². The second-order valence-electron chi connectivity index (χ2n) is 7.36. The molecule has 1 nitrogen and oxygen atoms in total. The fourth-order valence-corrected chi connectivity index (χ4v) is 3.98. The predicted molar refractivity (Wildman–Crippen MR) is 76.4 cm³/mol. The quantitative estimate of drug-likeness (QED) is 0.621. The van der Waals surface area contributed by atoms with E-state index in [2.05, 4.69) is 39.9 Å². The Balaban J connectivity index is 2.05. The summed E-state index contributed by atoms with van der Waals surface area (Å²) < 4.78 is 6.53. The molecule has 2 aliphatic rings. The normalized spacial score (nSPS) is 29.8. The van der Waals surface area contributed by atoms with Crippen molar-refractivity contribution in [3.63, 3.8) is 0 Å². The summed E-state index contributed by atoms with van der Waals surface area (Å²) >= 11 is 0. The average Bonchev–Trinajstić information content (AvgIpc) is 2.60. The molecule has 2 rings (SSSR count). The van der Waals surface area contributed by atoms with E-state index in [4.69, 9.17) is 4.43 Å². The van der Waals surface area contributed by atoms with Crippen LogP contribution in [0.4, 0.5) is 0 Å². The molecule has 0 bridgehead atoms. The molecular weight excluding hydrogens is 224 g/mol. The van der Waals surface area contributed by atoms with Gasteiger partial charge in [0, 0.05) is 5.92 Å².